The topological polar surface area (TPSA) is 92.3 Å². The van der Waals surface area contributed by atoms with Crippen molar-refractivity contribution in [2.24, 2.45) is 0 Å². The molecule has 8 rings (SSSR count). The predicted octanol–water partition coefficient (Wildman–Crippen LogP) is 9.80. The normalized spacial score (nSPS) is 24.3. The number of benzene rings is 6. The standard InChI is InChI=1S/C56H60O10/c1-41-50(59-34-43-23-11-4-12-24-43)51(60-35-44-25-13-5-14-26-44)48(39-58-33-42-21-9-3-10-22-42)65-55(41)64-40-49-52(61-36-45-27-15-6-16-28-45)53(62-37-46-29-17-7-18-30-46)54(56(57-2)66-49)63-38-47-31-19-8-20-32-47/h3-32,48-56H,1,33-40H2,2H3/t48-,49-,50-,51-,52-,53+,54-,55+,56+/m1/s1. The Balaban J connectivity index is 1.07. The fourth-order valence-corrected chi connectivity index (χ4v) is 8.19. The highest BCUT2D eigenvalue weighted by atomic mass is 16.7. The van der Waals surface area contributed by atoms with E-state index in [1.54, 1.807) is 7.11 Å². The molecular formula is C56H60O10. The Labute approximate surface area is 388 Å². The van der Waals surface area contributed by atoms with Crippen LogP contribution in [0.1, 0.15) is 33.4 Å². The van der Waals surface area contributed by atoms with E-state index in [4.69, 9.17) is 47.4 Å². The largest absolute Gasteiger partial charge is 0.374 e. The zero-order valence-electron chi connectivity index (χ0n) is 37.5. The van der Waals surface area contributed by atoms with Gasteiger partial charge in [0.05, 0.1) is 52.9 Å². The lowest BCUT2D eigenvalue weighted by molar-refractivity contribution is -0.330. The van der Waals surface area contributed by atoms with E-state index in [1.165, 1.54) is 0 Å². The van der Waals surface area contributed by atoms with E-state index in [-0.39, 0.29) is 13.2 Å². The van der Waals surface area contributed by atoms with Gasteiger partial charge < -0.3 is 47.4 Å². The van der Waals surface area contributed by atoms with Crippen LogP contribution >= 0.6 is 0 Å². The maximum absolute atomic E-state index is 6.85. The predicted molar refractivity (Wildman–Crippen MR) is 251 cm³/mol. The lowest BCUT2D eigenvalue weighted by atomic mass is 9.96. The van der Waals surface area contributed by atoms with Gasteiger partial charge in [-0.3, -0.25) is 0 Å². The second-order valence-electron chi connectivity index (χ2n) is 16.5. The maximum Gasteiger partial charge on any atom is 0.186 e. The van der Waals surface area contributed by atoms with Crippen molar-refractivity contribution in [2.75, 3.05) is 20.3 Å². The van der Waals surface area contributed by atoms with Crippen molar-refractivity contribution in [3.05, 3.63) is 228 Å². The van der Waals surface area contributed by atoms with Gasteiger partial charge in [-0.15, -0.1) is 0 Å². The molecule has 0 unspecified atom stereocenters. The quantitative estimate of drug-likeness (QED) is 0.0580. The number of hydrogen-bond acceptors (Lipinski definition) is 10. The van der Waals surface area contributed by atoms with Crippen molar-refractivity contribution < 1.29 is 47.4 Å². The first-order valence-electron chi connectivity index (χ1n) is 22.6. The van der Waals surface area contributed by atoms with Crippen LogP contribution in [-0.4, -0.2) is 75.6 Å². The Morgan fingerprint density at radius 2 is 0.742 bits per heavy atom. The van der Waals surface area contributed by atoms with Gasteiger partial charge in [0.25, 0.3) is 0 Å². The fourth-order valence-electron chi connectivity index (χ4n) is 8.19. The third-order valence-corrected chi connectivity index (χ3v) is 11.7. The number of hydrogen-bond donors (Lipinski definition) is 0. The summed E-state index contributed by atoms with van der Waals surface area (Å²) in [6.45, 7) is 6.75. The third-order valence-electron chi connectivity index (χ3n) is 11.7. The fraction of sp³-hybridized carbons (Fsp3) is 0.321. The Morgan fingerprint density at radius 3 is 1.18 bits per heavy atom. The first-order chi connectivity index (χ1) is 32.6. The van der Waals surface area contributed by atoms with E-state index in [0.717, 1.165) is 33.4 Å². The smallest absolute Gasteiger partial charge is 0.186 e. The van der Waals surface area contributed by atoms with Crippen LogP contribution in [0, 0.1) is 0 Å². The first kappa shape index (κ1) is 47.2. The summed E-state index contributed by atoms with van der Waals surface area (Å²) in [6.07, 6.45) is -6.24. The minimum Gasteiger partial charge on any atom is -0.374 e. The SMILES string of the molecule is C=C1[C@@H](OC[C@H]2O[C@H](OC)[C@H](OCc3ccccc3)[C@@H](OCc3ccccc3)[C@@H]2OCc2ccccc2)O[C@H](COCc2ccccc2)[C@@H](OCc2ccccc2)[C@@H]1OCc1ccccc1. The molecule has 6 aromatic rings. The Hall–Kier alpha value is -5.34. The van der Waals surface area contributed by atoms with E-state index in [0.29, 0.717) is 45.2 Å². The maximum atomic E-state index is 6.85. The first-order valence-corrected chi connectivity index (χ1v) is 22.6. The highest BCUT2D eigenvalue weighted by Crippen LogP contribution is 2.35. The summed E-state index contributed by atoms with van der Waals surface area (Å²) in [5.41, 5.74) is 6.66. The summed E-state index contributed by atoms with van der Waals surface area (Å²) in [5.74, 6) is 0. The van der Waals surface area contributed by atoms with Gasteiger partial charge in [0.15, 0.2) is 12.6 Å². The average molecular weight is 893 g/mol. The second-order valence-corrected chi connectivity index (χ2v) is 16.5. The van der Waals surface area contributed by atoms with Gasteiger partial charge in [-0.1, -0.05) is 189 Å². The number of rotatable bonds is 23. The minimum atomic E-state index is -0.928. The molecule has 0 saturated carbocycles. The average Bonchev–Trinajstić information content (AvgIpc) is 3.37. The Morgan fingerprint density at radius 1 is 0.379 bits per heavy atom. The molecule has 2 saturated heterocycles. The molecule has 0 aliphatic carbocycles. The lowest BCUT2D eigenvalue weighted by Gasteiger charge is -2.46. The van der Waals surface area contributed by atoms with Gasteiger partial charge in [-0.2, -0.15) is 0 Å². The van der Waals surface area contributed by atoms with Crippen molar-refractivity contribution in [3.8, 4) is 0 Å². The molecule has 0 spiro atoms. The van der Waals surface area contributed by atoms with Gasteiger partial charge in [0, 0.05) is 12.7 Å². The molecule has 2 aliphatic heterocycles. The van der Waals surface area contributed by atoms with E-state index >= 15 is 0 Å². The van der Waals surface area contributed by atoms with Crippen molar-refractivity contribution in [1.82, 2.24) is 0 Å². The molecular weight excluding hydrogens is 833 g/mol. The van der Waals surface area contributed by atoms with Gasteiger partial charge >= 0.3 is 0 Å². The molecule has 0 aromatic heterocycles. The Bertz CT molecular complexity index is 2270. The van der Waals surface area contributed by atoms with E-state index in [9.17, 15) is 0 Å². The molecule has 0 radical (unpaired) electrons. The van der Waals surface area contributed by atoms with Crippen LogP contribution in [0.4, 0.5) is 0 Å². The lowest BCUT2D eigenvalue weighted by Crippen LogP contribution is -2.62. The van der Waals surface area contributed by atoms with Crippen LogP contribution in [0.3, 0.4) is 0 Å². The van der Waals surface area contributed by atoms with E-state index in [2.05, 4.69) is 6.58 Å². The molecule has 0 amide bonds. The van der Waals surface area contributed by atoms with Crippen LogP contribution in [0.25, 0.3) is 0 Å². The van der Waals surface area contributed by atoms with Gasteiger partial charge in [-0.25, -0.2) is 0 Å². The summed E-state index contributed by atoms with van der Waals surface area (Å²) in [4.78, 5) is 0. The highest BCUT2D eigenvalue weighted by molar-refractivity contribution is 5.20. The summed E-state index contributed by atoms with van der Waals surface area (Å²) in [6, 6.07) is 60.2. The molecule has 9 atom stereocenters. The van der Waals surface area contributed by atoms with Crippen molar-refractivity contribution in [2.45, 2.75) is 94.9 Å². The van der Waals surface area contributed by atoms with Crippen molar-refractivity contribution in [1.29, 1.82) is 0 Å². The minimum absolute atomic E-state index is 0.0259. The summed E-state index contributed by atoms with van der Waals surface area (Å²) in [7, 11) is 1.61. The number of ether oxygens (including phenoxy) is 10. The molecule has 10 heteroatoms. The second kappa shape index (κ2) is 25.0. The highest BCUT2D eigenvalue weighted by Gasteiger charge is 2.50. The van der Waals surface area contributed by atoms with Crippen LogP contribution in [-0.2, 0) is 87.0 Å². The van der Waals surface area contributed by atoms with Gasteiger partial charge in [0.1, 0.15) is 42.7 Å². The summed E-state index contributed by atoms with van der Waals surface area (Å²) < 4.78 is 66.7. The monoisotopic (exact) mass is 892 g/mol. The summed E-state index contributed by atoms with van der Waals surface area (Å²) in [5, 5.41) is 0. The molecule has 2 aliphatic rings. The molecule has 6 aromatic carbocycles. The molecule has 10 nitrogen and oxygen atoms in total. The molecule has 2 heterocycles. The van der Waals surface area contributed by atoms with Gasteiger partial charge in [0.2, 0.25) is 0 Å². The van der Waals surface area contributed by atoms with E-state index in [1.807, 2.05) is 182 Å². The van der Waals surface area contributed by atoms with Crippen molar-refractivity contribution in [3.63, 3.8) is 0 Å². The van der Waals surface area contributed by atoms with Crippen LogP contribution in [0.5, 0.6) is 0 Å². The van der Waals surface area contributed by atoms with Crippen molar-refractivity contribution >= 4 is 0 Å². The molecule has 2 fully saturated rings. The molecule has 0 N–H and O–H groups in total. The van der Waals surface area contributed by atoms with Crippen LogP contribution in [0.2, 0.25) is 0 Å². The molecule has 344 valence electrons. The molecule has 66 heavy (non-hydrogen) atoms. The third kappa shape index (κ3) is 13.4. The van der Waals surface area contributed by atoms with Crippen LogP contribution in [0.15, 0.2) is 194 Å². The van der Waals surface area contributed by atoms with Crippen LogP contribution < -0.4 is 0 Å². The zero-order valence-corrected chi connectivity index (χ0v) is 37.5. The van der Waals surface area contributed by atoms with Gasteiger partial charge in [-0.05, 0) is 33.4 Å². The Kier molecular flexibility index (Phi) is 17.8. The zero-order chi connectivity index (χ0) is 45.2. The summed E-state index contributed by atoms with van der Waals surface area (Å²) >= 11 is 0. The number of methoxy groups -OCH3 is 1. The van der Waals surface area contributed by atoms with E-state index < -0.39 is 55.3 Å². The molecule has 0 bridgehead atoms.